The first kappa shape index (κ1) is 18.3. The molecule has 0 aromatic heterocycles. The number of quaternary nitrogens is 1. The molecule has 3 nitrogen and oxygen atoms in total. The molecular formula is C23H36NO2+. The Morgan fingerprint density at radius 2 is 2.19 bits per heavy atom. The lowest BCUT2D eigenvalue weighted by molar-refractivity contribution is -0.658. The van der Waals surface area contributed by atoms with Gasteiger partial charge >= 0.3 is 5.97 Å². The molecule has 0 bridgehead atoms. The normalized spacial score (nSPS) is 39.5. The van der Waals surface area contributed by atoms with E-state index in [1.807, 2.05) is 0 Å². The third-order valence-electron chi connectivity index (χ3n) is 7.56. The smallest absolute Gasteiger partial charge is 0.315 e. The zero-order chi connectivity index (χ0) is 18.1. The Kier molecular flexibility index (Phi) is 5.27. The largest absolute Gasteiger partial charge is 0.461 e. The molecule has 1 saturated heterocycles. The molecule has 0 unspecified atom stereocenters. The average molecular weight is 359 g/mol. The second kappa shape index (κ2) is 7.50. The summed E-state index contributed by atoms with van der Waals surface area (Å²) >= 11 is 0. The van der Waals surface area contributed by atoms with Crippen molar-refractivity contribution in [1.29, 1.82) is 0 Å². The molecule has 5 atom stereocenters. The van der Waals surface area contributed by atoms with Gasteiger partial charge in [-0.15, -0.1) is 0 Å². The monoisotopic (exact) mass is 358 g/mol. The van der Waals surface area contributed by atoms with Crippen LogP contribution in [0.1, 0.15) is 71.6 Å². The van der Waals surface area contributed by atoms with Crippen LogP contribution in [0.3, 0.4) is 0 Å². The molecule has 3 heteroatoms. The molecule has 4 rings (SSSR count). The van der Waals surface area contributed by atoms with E-state index in [-0.39, 0.29) is 23.4 Å². The van der Waals surface area contributed by atoms with Crippen molar-refractivity contribution in [2.24, 2.45) is 23.2 Å². The molecule has 2 N–H and O–H groups in total. The Morgan fingerprint density at radius 1 is 1.31 bits per heavy atom. The number of allylic oxidation sites excluding steroid dienone is 2. The number of rotatable bonds is 5. The first-order valence-electron chi connectivity index (χ1n) is 11.0. The number of hydrogen-bond acceptors (Lipinski definition) is 2. The molecule has 0 radical (unpaired) electrons. The third-order valence-corrected chi connectivity index (χ3v) is 7.56. The highest BCUT2D eigenvalue weighted by molar-refractivity contribution is 5.76. The number of hydrogen-bond donors (Lipinski definition) is 1. The van der Waals surface area contributed by atoms with Crippen LogP contribution in [0.25, 0.3) is 0 Å². The molecule has 144 valence electrons. The Morgan fingerprint density at radius 3 is 3.00 bits per heavy atom. The molecule has 1 saturated carbocycles. The van der Waals surface area contributed by atoms with E-state index >= 15 is 0 Å². The van der Waals surface area contributed by atoms with Crippen LogP contribution in [-0.4, -0.2) is 25.2 Å². The molecule has 3 aliphatic carbocycles. The van der Waals surface area contributed by atoms with Crippen LogP contribution in [0, 0.1) is 23.2 Å². The summed E-state index contributed by atoms with van der Waals surface area (Å²) in [6.07, 6.45) is 16.4. The van der Waals surface area contributed by atoms with Crippen molar-refractivity contribution in [3.8, 4) is 0 Å². The maximum atomic E-state index is 12.5. The first-order chi connectivity index (χ1) is 12.6. The van der Waals surface area contributed by atoms with Crippen LogP contribution >= 0.6 is 0 Å². The molecule has 1 aliphatic heterocycles. The van der Waals surface area contributed by atoms with Crippen LogP contribution in [0.2, 0.25) is 0 Å². The van der Waals surface area contributed by atoms with Crippen LogP contribution in [0.4, 0.5) is 0 Å². The van der Waals surface area contributed by atoms with Gasteiger partial charge in [-0.1, -0.05) is 43.6 Å². The number of fused-ring (bicyclic) bond motifs is 2. The Bertz CT molecular complexity index is 607. The first-order valence-corrected chi connectivity index (χ1v) is 11.0. The van der Waals surface area contributed by atoms with Gasteiger partial charge in [0.1, 0.15) is 12.0 Å². The molecule has 0 aromatic carbocycles. The van der Waals surface area contributed by atoms with Gasteiger partial charge < -0.3 is 10.1 Å². The molecule has 1 heterocycles. The summed E-state index contributed by atoms with van der Waals surface area (Å²) in [5.41, 5.74) is 3.53. The van der Waals surface area contributed by atoms with Crippen LogP contribution in [-0.2, 0) is 9.53 Å². The summed E-state index contributed by atoms with van der Waals surface area (Å²) in [5.74, 6) is 1.11. The van der Waals surface area contributed by atoms with Gasteiger partial charge in [-0.25, -0.2) is 0 Å². The van der Waals surface area contributed by atoms with E-state index in [1.165, 1.54) is 51.4 Å². The fourth-order valence-electron chi connectivity index (χ4n) is 6.03. The summed E-state index contributed by atoms with van der Waals surface area (Å²) in [7, 11) is 0. The summed E-state index contributed by atoms with van der Waals surface area (Å²) < 4.78 is 5.86. The van der Waals surface area contributed by atoms with Gasteiger partial charge in [0.15, 0.2) is 0 Å². The van der Waals surface area contributed by atoms with E-state index in [9.17, 15) is 4.79 Å². The zero-order valence-electron chi connectivity index (χ0n) is 16.6. The summed E-state index contributed by atoms with van der Waals surface area (Å²) in [6, 6.07) is 0. The predicted octanol–water partition coefficient (Wildman–Crippen LogP) is 3.75. The molecule has 2 fully saturated rings. The van der Waals surface area contributed by atoms with Crippen molar-refractivity contribution in [3.63, 3.8) is 0 Å². The maximum absolute atomic E-state index is 12.5. The van der Waals surface area contributed by atoms with E-state index in [0.29, 0.717) is 11.8 Å². The average Bonchev–Trinajstić information content (AvgIpc) is 2.92. The van der Waals surface area contributed by atoms with Crippen molar-refractivity contribution >= 4 is 5.97 Å². The summed E-state index contributed by atoms with van der Waals surface area (Å²) in [5, 5.41) is 2.36. The Labute approximate surface area is 158 Å². The highest BCUT2D eigenvalue weighted by atomic mass is 16.6. The van der Waals surface area contributed by atoms with Crippen molar-refractivity contribution in [2.75, 3.05) is 13.1 Å². The lowest BCUT2D eigenvalue weighted by Crippen LogP contribution is -2.86. The number of nitrogens with two attached hydrogens (primary N) is 1. The Hall–Kier alpha value is -1.09. The molecular weight excluding hydrogens is 322 g/mol. The second-order valence-corrected chi connectivity index (χ2v) is 9.51. The highest BCUT2D eigenvalue weighted by Crippen LogP contribution is 2.53. The minimum atomic E-state index is 0.0554. The number of carbonyl (C=O) groups is 1. The fourth-order valence-corrected chi connectivity index (χ4v) is 6.03. The minimum Gasteiger partial charge on any atom is -0.461 e. The number of carbonyl (C=O) groups excluding carboxylic acids is 1. The van der Waals surface area contributed by atoms with Gasteiger partial charge in [0.05, 0.1) is 13.1 Å². The van der Waals surface area contributed by atoms with E-state index < -0.39 is 0 Å². The van der Waals surface area contributed by atoms with Crippen LogP contribution in [0.5, 0.6) is 0 Å². The van der Waals surface area contributed by atoms with E-state index in [0.717, 1.165) is 19.5 Å². The molecule has 0 spiro atoms. The quantitative estimate of drug-likeness (QED) is 0.462. The van der Waals surface area contributed by atoms with Gasteiger partial charge in [0.2, 0.25) is 0 Å². The number of esters is 1. The second-order valence-electron chi connectivity index (χ2n) is 9.51. The van der Waals surface area contributed by atoms with Gasteiger partial charge in [-0.05, 0) is 56.3 Å². The lowest BCUT2D eigenvalue weighted by atomic mass is 9.59. The zero-order valence-corrected chi connectivity index (χ0v) is 16.6. The van der Waals surface area contributed by atoms with Crippen molar-refractivity contribution in [3.05, 3.63) is 23.3 Å². The van der Waals surface area contributed by atoms with Gasteiger partial charge in [0.25, 0.3) is 0 Å². The van der Waals surface area contributed by atoms with E-state index in [4.69, 9.17) is 4.74 Å². The SMILES string of the molecule is C[C@@H]1CCC[C@]2(C)C[C@H]3OC(=O)[C@@H](C[NH2+]CCC4=CCCCC4)[C@H]3C=C12. The predicted molar refractivity (Wildman–Crippen MR) is 104 cm³/mol. The van der Waals surface area contributed by atoms with Crippen molar-refractivity contribution < 1.29 is 14.8 Å². The minimum absolute atomic E-state index is 0.0554. The van der Waals surface area contributed by atoms with Crippen molar-refractivity contribution in [1.82, 2.24) is 0 Å². The highest BCUT2D eigenvalue weighted by Gasteiger charge is 2.52. The summed E-state index contributed by atoms with van der Waals surface area (Å²) in [4.78, 5) is 12.5. The maximum Gasteiger partial charge on any atom is 0.315 e. The van der Waals surface area contributed by atoms with Crippen molar-refractivity contribution in [2.45, 2.75) is 77.7 Å². The van der Waals surface area contributed by atoms with E-state index in [2.05, 4.69) is 31.3 Å². The molecule has 26 heavy (non-hydrogen) atoms. The lowest BCUT2D eigenvalue weighted by Gasteiger charge is -2.45. The van der Waals surface area contributed by atoms with Gasteiger partial charge in [-0.3, -0.25) is 4.79 Å². The van der Waals surface area contributed by atoms with Crippen LogP contribution in [0.15, 0.2) is 23.3 Å². The molecule has 0 aromatic rings. The molecule has 4 aliphatic rings. The van der Waals surface area contributed by atoms with Gasteiger partial charge in [-0.2, -0.15) is 0 Å². The van der Waals surface area contributed by atoms with Gasteiger partial charge in [0, 0.05) is 12.3 Å². The Balaban J connectivity index is 1.38. The van der Waals surface area contributed by atoms with E-state index in [1.54, 1.807) is 11.1 Å². The van der Waals surface area contributed by atoms with Crippen LogP contribution < -0.4 is 5.32 Å². The topological polar surface area (TPSA) is 42.9 Å². The molecule has 0 amide bonds. The third kappa shape index (κ3) is 3.52. The fraction of sp³-hybridized carbons (Fsp3) is 0.783. The standard InChI is InChI=1S/C23H35NO2/c1-16-7-6-11-23(2)14-21-18(13-20(16)23)19(22(25)26-21)15-24-12-10-17-8-4-3-5-9-17/h8,13,16,18-19,21,24H,3-7,9-12,14-15H2,1-2H3/p+1/t16-,18-,19+,21-,23-/m1/s1. The number of ether oxygens (including phenoxy) is 1. The summed E-state index contributed by atoms with van der Waals surface area (Å²) in [6.45, 7) is 6.77.